The number of anilines is 1. The molecule has 6 heteroatoms. The number of urea groups is 1. The molecule has 0 radical (unpaired) electrons. The lowest BCUT2D eigenvalue weighted by molar-refractivity contribution is 0.201. The minimum atomic E-state index is -0.211. The first kappa shape index (κ1) is 20.4. The molecule has 28 heavy (non-hydrogen) atoms. The molecule has 2 aromatic rings. The summed E-state index contributed by atoms with van der Waals surface area (Å²) in [6, 6.07) is 15.6. The topological polar surface area (TPSA) is 59.6 Å². The average molecular weight is 401 g/mol. The zero-order valence-electron chi connectivity index (χ0n) is 16.3. The maximum Gasteiger partial charge on any atom is 0.319 e. The van der Waals surface area contributed by atoms with Crippen LogP contribution < -0.4 is 20.1 Å². The van der Waals surface area contributed by atoms with Crippen LogP contribution in [0.4, 0.5) is 10.5 Å². The van der Waals surface area contributed by atoms with E-state index in [1.54, 1.807) is 18.9 Å². The highest BCUT2D eigenvalue weighted by Gasteiger charge is 2.18. The molecule has 1 fully saturated rings. The number of thioether (sulfide) groups is 1. The molecule has 0 heterocycles. The van der Waals surface area contributed by atoms with Crippen LogP contribution in [0, 0.1) is 0 Å². The van der Waals surface area contributed by atoms with Crippen molar-refractivity contribution < 1.29 is 14.3 Å². The van der Waals surface area contributed by atoms with Gasteiger partial charge >= 0.3 is 6.03 Å². The minimum absolute atomic E-state index is 0.211. The molecule has 0 atom stereocenters. The van der Waals surface area contributed by atoms with Crippen LogP contribution >= 0.6 is 11.8 Å². The van der Waals surface area contributed by atoms with Crippen molar-refractivity contribution in [3.63, 3.8) is 0 Å². The minimum Gasteiger partial charge on any atom is -0.493 e. The van der Waals surface area contributed by atoms with E-state index in [4.69, 9.17) is 9.47 Å². The summed E-state index contributed by atoms with van der Waals surface area (Å²) in [4.78, 5) is 12.2. The van der Waals surface area contributed by atoms with Crippen LogP contribution in [0.2, 0.25) is 0 Å². The molecule has 0 saturated heterocycles. The van der Waals surface area contributed by atoms with E-state index in [-0.39, 0.29) is 12.1 Å². The summed E-state index contributed by atoms with van der Waals surface area (Å²) in [5.74, 6) is 3.19. The second kappa shape index (κ2) is 10.9. The first-order valence-corrected chi connectivity index (χ1v) is 10.9. The Morgan fingerprint density at radius 2 is 1.89 bits per heavy atom. The third kappa shape index (κ3) is 6.37. The van der Waals surface area contributed by atoms with Gasteiger partial charge < -0.3 is 20.1 Å². The van der Waals surface area contributed by atoms with Crippen molar-refractivity contribution in [3.05, 3.63) is 54.1 Å². The Labute approximate surface area is 171 Å². The van der Waals surface area contributed by atoms with E-state index in [0.717, 1.165) is 24.3 Å². The standard InChI is InChI=1S/C22H28N2O3S/c1-26-20-12-11-18(15-21(20)27-19-9-5-6-10-19)24-22(25)23-13-14-28-16-17-7-3-2-4-8-17/h2-4,7-8,11-12,15,19H,5-6,9-10,13-14,16H2,1H3,(H2,23,24,25). The number of rotatable bonds is 9. The lowest BCUT2D eigenvalue weighted by atomic mass is 10.2. The van der Waals surface area contributed by atoms with Crippen LogP contribution in [0.1, 0.15) is 31.2 Å². The van der Waals surface area contributed by atoms with E-state index in [1.807, 2.05) is 36.4 Å². The van der Waals surface area contributed by atoms with Gasteiger partial charge in [0.25, 0.3) is 0 Å². The van der Waals surface area contributed by atoms with Crippen molar-refractivity contribution in [3.8, 4) is 11.5 Å². The van der Waals surface area contributed by atoms with Gasteiger partial charge in [-0.2, -0.15) is 11.8 Å². The number of methoxy groups -OCH3 is 1. The van der Waals surface area contributed by atoms with Gasteiger partial charge in [0.15, 0.2) is 11.5 Å². The van der Waals surface area contributed by atoms with Gasteiger partial charge in [0.05, 0.1) is 13.2 Å². The number of hydrogen-bond acceptors (Lipinski definition) is 4. The summed E-state index contributed by atoms with van der Waals surface area (Å²) in [6.45, 7) is 0.616. The maximum absolute atomic E-state index is 12.2. The quantitative estimate of drug-likeness (QED) is 0.577. The zero-order chi connectivity index (χ0) is 19.6. The number of benzene rings is 2. The molecular weight excluding hydrogens is 372 g/mol. The fourth-order valence-electron chi connectivity index (χ4n) is 3.21. The molecule has 0 spiro atoms. The van der Waals surface area contributed by atoms with Crippen molar-refractivity contribution in [2.45, 2.75) is 37.5 Å². The summed E-state index contributed by atoms with van der Waals surface area (Å²) >= 11 is 1.80. The number of ether oxygens (including phenoxy) is 2. The molecule has 5 nitrogen and oxygen atoms in total. The fourth-order valence-corrected chi connectivity index (χ4v) is 4.03. The largest absolute Gasteiger partial charge is 0.493 e. The van der Waals surface area contributed by atoms with Gasteiger partial charge in [-0.05, 0) is 43.4 Å². The van der Waals surface area contributed by atoms with Gasteiger partial charge in [-0.1, -0.05) is 30.3 Å². The predicted octanol–water partition coefficient (Wildman–Crippen LogP) is 5.07. The Morgan fingerprint density at radius 3 is 2.64 bits per heavy atom. The zero-order valence-corrected chi connectivity index (χ0v) is 17.1. The van der Waals surface area contributed by atoms with Crippen molar-refractivity contribution in [1.29, 1.82) is 0 Å². The van der Waals surface area contributed by atoms with Gasteiger partial charge in [0, 0.05) is 29.8 Å². The van der Waals surface area contributed by atoms with Gasteiger partial charge in [-0.3, -0.25) is 0 Å². The summed E-state index contributed by atoms with van der Waals surface area (Å²) in [5, 5.41) is 5.77. The smallest absolute Gasteiger partial charge is 0.319 e. The molecular formula is C22H28N2O3S. The Bertz CT molecular complexity index is 749. The summed E-state index contributed by atoms with van der Waals surface area (Å²) in [6.07, 6.45) is 4.79. The van der Waals surface area contributed by atoms with Gasteiger partial charge in [0.2, 0.25) is 0 Å². The van der Waals surface area contributed by atoms with Crippen LogP contribution in [0.5, 0.6) is 11.5 Å². The lowest BCUT2D eigenvalue weighted by Gasteiger charge is -2.17. The molecule has 1 saturated carbocycles. The molecule has 0 aromatic heterocycles. The van der Waals surface area contributed by atoms with Gasteiger partial charge in [-0.25, -0.2) is 4.79 Å². The van der Waals surface area contributed by atoms with E-state index in [2.05, 4.69) is 22.8 Å². The number of carbonyl (C=O) groups is 1. The molecule has 1 aliphatic carbocycles. The number of hydrogen-bond donors (Lipinski definition) is 2. The fraction of sp³-hybridized carbons (Fsp3) is 0.409. The van der Waals surface area contributed by atoms with E-state index >= 15 is 0 Å². The maximum atomic E-state index is 12.2. The Kier molecular flexibility index (Phi) is 7.91. The first-order chi connectivity index (χ1) is 13.7. The van der Waals surface area contributed by atoms with Crippen LogP contribution in [0.15, 0.2) is 48.5 Å². The third-order valence-corrected chi connectivity index (χ3v) is 5.69. The van der Waals surface area contributed by atoms with E-state index in [9.17, 15) is 4.79 Å². The van der Waals surface area contributed by atoms with Crippen molar-refractivity contribution in [2.75, 3.05) is 24.7 Å². The van der Waals surface area contributed by atoms with Crippen molar-refractivity contribution in [2.24, 2.45) is 0 Å². The first-order valence-electron chi connectivity index (χ1n) is 9.76. The highest BCUT2D eigenvalue weighted by atomic mass is 32.2. The predicted molar refractivity (Wildman–Crippen MR) is 116 cm³/mol. The molecule has 150 valence electrons. The third-order valence-electron chi connectivity index (χ3n) is 4.66. The summed E-state index contributed by atoms with van der Waals surface area (Å²) < 4.78 is 11.5. The van der Waals surface area contributed by atoms with Crippen molar-refractivity contribution in [1.82, 2.24) is 5.32 Å². The lowest BCUT2D eigenvalue weighted by Crippen LogP contribution is -2.30. The Balaban J connectivity index is 1.42. The summed E-state index contributed by atoms with van der Waals surface area (Å²) in [5.41, 5.74) is 1.99. The second-order valence-electron chi connectivity index (χ2n) is 6.81. The molecule has 2 amide bonds. The van der Waals surface area contributed by atoms with Crippen LogP contribution in [-0.2, 0) is 5.75 Å². The molecule has 0 unspecified atom stereocenters. The van der Waals surface area contributed by atoms with Gasteiger partial charge in [-0.15, -0.1) is 0 Å². The van der Waals surface area contributed by atoms with Crippen LogP contribution in [0.3, 0.4) is 0 Å². The highest BCUT2D eigenvalue weighted by molar-refractivity contribution is 7.98. The van der Waals surface area contributed by atoms with Crippen molar-refractivity contribution >= 4 is 23.5 Å². The van der Waals surface area contributed by atoms with E-state index < -0.39 is 0 Å². The van der Waals surface area contributed by atoms with Gasteiger partial charge in [0.1, 0.15) is 0 Å². The number of nitrogens with one attached hydrogen (secondary N) is 2. The number of carbonyl (C=O) groups excluding carboxylic acids is 1. The summed E-state index contributed by atoms with van der Waals surface area (Å²) in [7, 11) is 1.63. The molecule has 0 aliphatic heterocycles. The Hall–Kier alpha value is -2.34. The molecule has 0 bridgehead atoms. The molecule has 2 N–H and O–H groups in total. The van der Waals surface area contributed by atoms with Crippen LogP contribution in [0.25, 0.3) is 0 Å². The monoisotopic (exact) mass is 400 g/mol. The van der Waals surface area contributed by atoms with Crippen LogP contribution in [-0.4, -0.2) is 31.5 Å². The normalized spacial score (nSPS) is 13.9. The molecule has 2 aromatic carbocycles. The SMILES string of the molecule is COc1ccc(NC(=O)NCCSCc2ccccc2)cc1OC1CCCC1. The number of amides is 2. The van der Waals surface area contributed by atoms with E-state index in [1.165, 1.54) is 18.4 Å². The Morgan fingerprint density at radius 1 is 1.11 bits per heavy atom. The average Bonchev–Trinajstić information content (AvgIpc) is 3.22. The molecule has 3 rings (SSSR count). The molecule has 1 aliphatic rings. The highest BCUT2D eigenvalue weighted by Crippen LogP contribution is 2.33. The van der Waals surface area contributed by atoms with E-state index in [0.29, 0.717) is 23.7 Å². The second-order valence-corrected chi connectivity index (χ2v) is 7.91.